The standard InChI is InChI=1S/C15H19NO3.C15H17NO3/c2*1-19-15(18)16-10-9-14(17)11-13(16)8-7-12-5-3-2-4-6-12/h2-6,13H,7-11H2,1H3;2-6,9-10,13H,7-8,11H2,1H3. The number of allylic oxidation sites excluding steroid dienone is 1. The predicted octanol–water partition coefficient (Wildman–Crippen LogP) is 4.96. The monoisotopic (exact) mass is 520 g/mol. The molecule has 2 atom stereocenters. The van der Waals surface area contributed by atoms with Crippen molar-refractivity contribution in [1.29, 1.82) is 0 Å². The molecule has 38 heavy (non-hydrogen) atoms. The average molecular weight is 521 g/mol. The molecule has 0 radical (unpaired) electrons. The molecule has 0 saturated carbocycles. The fourth-order valence-electron chi connectivity index (χ4n) is 4.71. The molecule has 2 heterocycles. The second-order valence-corrected chi connectivity index (χ2v) is 9.38. The van der Waals surface area contributed by atoms with Gasteiger partial charge in [-0.15, -0.1) is 0 Å². The molecule has 202 valence electrons. The molecule has 2 aliphatic rings. The molecule has 8 heteroatoms. The SMILES string of the molecule is COC(=O)N1C=CC(=O)CC1CCc1ccccc1.COC(=O)N1CCC(=O)CC1CCc1ccccc1. The second-order valence-electron chi connectivity index (χ2n) is 9.38. The molecule has 2 unspecified atom stereocenters. The Morgan fingerprint density at radius 2 is 1.34 bits per heavy atom. The average Bonchev–Trinajstić information content (AvgIpc) is 2.95. The van der Waals surface area contributed by atoms with Crippen LogP contribution in [0.15, 0.2) is 72.9 Å². The first kappa shape index (κ1) is 28.6. The van der Waals surface area contributed by atoms with Crippen LogP contribution >= 0.6 is 0 Å². The molecule has 0 N–H and O–H groups in total. The highest BCUT2D eigenvalue weighted by Crippen LogP contribution is 2.21. The summed E-state index contributed by atoms with van der Waals surface area (Å²) in [6.07, 6.45) is 6.69. The van der Waals surface area contributed by atoms with E-state index in [-0.39, 0.29) is 29.7 Å². The predicted molar refractivity (Wildman–Crippen MR) is 143 cm³/mol. The van der Waals surface area contributed by atoms with E-state index in [1.54, 1.807) is 4.90 Å². The van der Waals surface area contributed by atoms with Gasteiger partial charge in [-0.2, -0.15) is 0 Å². The molecule has 1 saturated heterocycles. The van der Waals surface area contributed by atoms with Crippen molar-refractivity contribution < 1.29 is 28.7 Å². The van der Waals surface area contributed by atoms with Gasteiger partial charge in [-0.05, 0) is 42.9 Å². The normalized spacial score (nSPS) is 18.9. The third-order valence-electron chi connectivity index (χ3n) is 6.80. The maximum Gasteiger partial charge on any atom is 0.413 e. The second kappa shape index (κ2) is 14.7. The molecule has 2 aromatic rings. The Balaban J connectivity index is 0.000000211. The van der Waals surface area contributed by atoms with Crippen LogP contribution < -0.4 is 0 Å². The highest BCUT2D eigenvalue weighted by Gasteiger charge is 2.31. The van der Waals surface area contributed by atoms with Gasteiger partial charge in [0.05, 0.1) is 14.2 Å². The summed E-state index contributed by atoms with van der Waals surface area (Å²) in [4.78, 5) is 49.6. The summed E-state index contributed by atoms with van der Waals surface area (Å²) >= 11 is 0. The third kappa shape index (κ3) is 8.57. The van der Waals surface area contributed by atoms with Crippen molar-refractivity contribution in [2.45, 2.75) is 57.0 Å². The molecule has 0 bridgehead atoms. The fourth-order valence-corrected chi connectivity index (χ4v) is 4.71. The number of aryl methyl sites for hydroxylation is 2. The Hall–Kier alpha value is -3.94. The van der Waals surface area contributed by atoms with Crippen molar-refractivity contribution in [3.63, 3.8) is 0 Å². The molecule has 0 aromatic heterocycles. The summed E-state index contributed by atoms with van der Waals surface area (Å²) in [5.74, 6) is 0.288. The number of methoxy groups -OCH3 is 2. The van der Waals surface area contributed by atoms with E-state index in [1.165, 1.54) is 42.5 Å². The molecule has 0 spiro atoms. The van der Waals surface area contributed by atoms with Crippen molar-refractivity contribution in [2.24, 2.45) is 0 Å². The Kier molecular flexibility index (Phi) is 11.1. The molecule has 1 fully saturated rings. The molecule has 2 amide bonds. The quantitative estimate of drug-likeness (QED) is 0.534. The lowest BCUT2D eigenvalue weighted by Crippen LogP contribution is -2.46. The lowest BCUT2D eigenvalue weighted by Gasteiger charge is -2.33. The number of Topliss-reactive ketones (excluding diaryl/α,β-unsaturated/α-hetero) is 1. The summed E-state index contributed by atoms with van der Waals surface area (Å²) in [5, 5.41) is 0. The van der Waals surface area contributed by atoms with E-state index in [0.29, 0.717) is 25.8 Å². The number of hydrogen-bond acceptors (Lipinski definition) is 6. The largest absolute Gasteiger partial charge is 0.453 e. The van der Waals surface area contributed by atoms with Gasteiger partial charge in [-0.1, -0.05) is 60.7 Å². The van der Waals surface area contributed by atoms with E-state index in [0.717, 1.165) is 25.7 Å². The van der Waals surface area contributed by atoms with Crippen LogP contribution in [-0.4, -0.2) is 66.4 Å². The minimum atomic E-state index is -0.415. The zero-order chi connectivity index (χ0) is 27.3. The highest BCUT2D eigenvalue weighted by molar-refractivity contribution is 5.92. The maximum absolute atomic E-state index is 11.7. The number of rotatable bonds is 6. The zero-order valence-corrected chi connectivity index (χ0v) is 22.1. The van der Waals surface area contributed by atoms with Crippen LogP contribution in [0.3, 0.4) is 0 Å². The van der Waals surface area contributed by atoms with Crippen LogP contribution in [0.25, 0.3) is 0 Å². The number of amides is 2. The number of likely N-dealkylation sites (tertiary alicyclic amines) is 1. The van der Waals surface area contributed by atoms with Crippen LogP contribution in [0.5, 0.6) is 0 Å². The Morgan fingerprint density at radius 3 is 1.89 bits per heavy atom. The summed E-state index contributed by atoms with van der Waals surface area (Å²) < 4.78 is 9.51. The maximum atomic E-state index is 11.7. The van der Waals surface area contributed by atoms with Gasteiger partial charge in [0.25, 0.3) is 0 Å². The Morgan fingerprint density at radius 1 is 0.789 bits per heavy atom. The minimum absolute atomic E-state index is 0.0334. The molecule has 2 aromatic carbocycles. The lowest BCUT2D eigenvalue weighted by atomic mass is 9.95. The topological polar surface area (TPSA) is 93.2 Å². The van der Waals surface area contributed by atoms with Gasteiger partial charge in [0.1, 0.15) is 5.78 Å². The van der Waals surface area contributed by atoms with Gasteiger partial charge in [0.15, 0.2) is 5.78 Å². The van der Waals surface area contributed by atoms with Crippen LogP contribution in [0, 0.1) is 0 Å². The first-order valence-electron chi connectivity index (χ1n) is 12.9. The van der Waals surface area contributed by atoms with Gasteiger partial charge < -0.3 is 14.4 Å². The van der Waals surface area contributed by atoms with Crippen molar-refractivity contribution in [1.82, 2.24) is 9.80 Å². The number of piperidine rings is 1. The van der Waals surface area contributed by atoms with Crippen molar-refractivity contribution >= 4 is 23.8 Å². The van der Waals surface area contributed by atoms with Crippen molar-refractivity contribution in [3.8, 4) is 0 Å². The summed E-state index contributed by atoms with van der Waals surface area (Å²) in [5.41, 5.74) is 2.43. The van der Waals surface area contributed by atoms with Crippen LogP contribution in [0.1, 0.15) is 43.2 Å². The zero-order valence-electron chi connectivity index (χ0n) is 22.1. The minimum Gasteiger partial charge on any atom is -0.453 e. The number of ether oxygens (including phenoxy) is 2. The van der Waals surface area contributed by atoms with Gasteiger partial charge in [-0.25, -0.2) is 9.59 Å². The Labute approximate surface area is 224 Å². The Bertz CT molecular complexity index is 1100. The van der Waals surface area contributed by atoms with Crippen LogP contribution in [0.2, 0.25) is 0 Å². The summed E-state index contributed by atoms with van der Waals surface area (Å²) in [6, 6.07) is 20.0. The molecular formula is C30H36N2O6. The van der Waals surface area contributed by atoms with Crippen molar-refractivity contribution in [3.05, 3.63) is 84.1 Å². The van der Waals surface area contributed by atoms with Gasteiger partial charge in [-0.3, -0.25) is 14.5 Å². The number of hydrogen-bond donors (Lipinski definition) is 0. The highest BCUT2D eigenvalue weighted by atomic mass is 16.5. The summed E-state index contributed by atoms with van der Waals surface area (Å²) in [6.45, 7) is 0.477. The number of nitrogens with zero attached hydrogens (tertiary/aromatic N) is 2. The molecule has 8 nitrogen and oxygen atoms in total. The van der Waals surface area contributed by atoms with E-state index in [2.05, 4.69) is 12.1 Å². The van der Waals surface area contributed by atoms with Crippen LogP contribution in [0.4, 0.5) is 9.59 Å². The molecule has 0 aliphatic carbocycles. The third-order valence-corrected chi connectivity index (χ3v) is 6.80. The fraction of sp³-hybridized carbons (Fsp3) is 0.400. The molecule has 2 aliphatic heterocycles. The van der Waals surface area contributed by atoms with Gasteiger partial charge in [0, 0.05) is 44.1 Å². The number of carbonyl (C=O) groups excluding carboxylic acids is 4. The number of ketones is 2. The van der Waals surface area contributed by atoms with E-state index in [4.69, 9.17) is 9.47 Å². The van der Waals surface area contributed by atoms with E-state index in [9.17, 15) is 19.2 Å². The molecular weight excluding hydrogens is 484 g/mol. The van der Waals surface area contributed by atoms with Crippen molar-refractivity contribution in [2.75, 3.05) is 20.8 Å². The van der Waals surface area contributed by atoms with Gasteiger partial charge in [0.2, 0.25) is 0 Å². The van der Waals surface area contributed by atoms with E-state index >= 15 is 0 Å². The number of benzene rings is 2. The first-order chi connectivity index (χ1) is 18.4. The summed E-state index contributed by atoms with van der Waals surface area (Å²) in [7, 11) is 2.73. The number of carbonyl (C=O) groups is 4. The van der Waals surface area contributed by atoms with E-state index in [1.807, 2.05) is 48.5 Å². The van der Waals surface area contributed by atoms with E-state index < -0.39 is 6.09 Å². The first-order valence-corrected chi connectivity index (χ1v) is 12.9. The molecule has 4 rings (SSSR count). The van der Waals surface area contributed by atoms with Gasteiger partial charge >= 0.3 is 12.2 Å². The smallest absolute Gasteiger partial charge is 0.413 e. The van der Waals surface area contributed by atoms with Crippen LogP contribution in [-0.2, 0) is 31.9 Å². The lowest BCUT2D eigenvalue weighted by molar-refractivity contribution is -0.122.